The van der Waals surface area contributed by atoms with Crippen LogP contribution in [0.5, 0.6) is 0 Å². The van der Waals surface area contributed by atoms with Crippen LogP contribution in [0.15, 0.2) is 35.4 Å². The molecule has 2 rings (SSSR count). The minimum atomic E-state index is -0.502. The van der Waals surface area contributed by atoms with E-state index in [1.807, 2.05) is 22.6 Å². The van der Waals surface area contributed by atoms with Gasteiger partial charge in [0.05, 0.1) is 12.9 Å². The Balaban J connectivity index is 2.37. The number of halogens is 2. The molecule has 5 nitrogen and oxygen atoms in total. The lowest BCUT2D eigenvalue weighted by Crippen LogP contribution is -2.24. The second-order valence-corrected chi connectivity index (χ2v) is 5.28. The quantitative estimate of drug-likeness (QED) is 0.640. The molecule has 1 aromatic carbocycles. The molecule has 0 saturated heterocycles. The molecule has 0 saturated carbocycles. The van der Waals surface area contributed by atoms with Crippen LogP contribution >= 0.6 is 34.2 Å². The Morgan fingerprint density at radius 2 is 2.21 bits per heavy atom. The van der Waals surface area contributed by atoms with E-state index in [2.05, 4.69) is 4.98 Å². The number of aromatic nitrogens is 2. The molecule has 0 aliphatic heterocycles. The van der Waals surface area contributed by atoms with Crippen molar-refractivity contribution >= 4 is 40.1 Å². The zero-order chi connectivity index (χ0) is 14.0. The highest BCUT2D eigenvalue weighted by atomic mass is 127. The molecule has 98 valence electrons. The largest absolute Gasteiger partial charge is 0.366 e. The molecule has 1 aromatic heterocycles. The van der Waals surface area contributed by atoms with Gasteiger partial charge in [0.15, 0.2) is 0 Å². The molecule has 0 unspecified atom stereocenters. The van der Waals surface area contributed by atoms with E-state index in [-0.39, 0.29) is 10.7 Å². The van der Waals surface area contributed by atoms with E-state index in [0.717, 1.165) is 5.56 Å². The van der Waals surface area contributed by atoms with Crippen LogP contribution in [0.2, 0.25) is 5.15 Å². The summed E-state index contributed by atoms with van der Waals surface area (Å²) in [7, 11) is 0. The van der Waals surface area contributed by atoms with Gasteiger partial charge in [0.1, 0.15) is 8.72 Å². The van der Waals surface area contributed by atoms with Crippen LogP contribution in [0.4, 0.5) is 0 Å². The fourth-order valence-corrected chi connectivity index (χ4v) is 2.15. The predicted octanol–water partition coefficient (Wildman–Crippen LogP) is 1.65. The lowest BCUT2D eigenvalue weighted by Gasteiger charge is -2.07. The third kappa shape index (κ3) is 3.13. The van der Waals surface area contributed by atoms with Crippen molar-refractivity contribution in [3.8, 4) is 0 Å². The Bertz CT molecular complexity index is 700. The molecule has 0 atom stereocenters. The van der Waals surface area contributed by atoms with Crippen molar-refractivity contribution in [1.82, 2.24) is 9.55 Å². The summed E-state index contributed by atoms with van der Waals surface area (Å²) in [6, 6.07) is 6.80. The van der Waals surface area contributed by atoms with Crippen molar-refractivity contribution in [2.45, 2.75) is 6.54 Å². The van der Waals surface area contributed by atoms with E-state index >= 15 is 0 Å². The Hall–Kier alpha value is -1.41. The van der Waals surface area contributed by atoms with Gasteiger partial charge in [-0.3, -0.25) is 14.2 Å². The number of carbonyl (C=O) groups is 1. The summed E-state index contributed by atoms with van der Waals surface area (Å²) in [4.78, 5) is 27.0. The average Bonchev–Trinajstić information content (AvgIpc) is 2.40. The van der Waals surface area contributed by atoms with Crippen molar-refractivity contribution < 1.29 is 4.79 Å². The van der Waals surface area contributed by atoms with E-state index in [9.17, 15) is 9.59 Å². The molecule has 2 N–H and O–H groups in total. The van der Waals surface area contributed by atoms with Crippen LogP contribution in [-0.2, 0) is 6.54 Å². The van der Waals surface area contributed by atoms with Crippen molar-refractivity contribution in [3.63, 3.8) is 0 Å². The summed E-state index contributed by atoms with van der Waals surface area (Å²) in [5.74, 6) is -0.502. The van der Waals surface area contributed by atoms with Crippen molar-refractivity contribution in [2.24, 2.45) is 5.73 Å². The smallest absolute Gasteiger partial charge is 0.268 e. The zero-order valence-electron chi connectivity index (χ0n) is 9.64. The molecular formula is C12H9ClIN3O2. The number of carbonyl (C=O) groups excluding carboxylic acids is 1. The highest BCUT2D eigenvalue weighted by molar-refractivity contribution is 14.1. The maximum absolute atomic E-state index is 12.0. The standard InChI is InChI=1S/C12H9ClIN3O2/c13-10-9(14)12(19)17(6-16-10)5-7-2-1-3-8(4-7)11(15)18/h1-4,6H,5H2,(H2,15,18). The van der Waals surface area contributed by atoms with Gasteiger partial charge >= 0.3 is 0 Å². The first-order valence-corrected chi connectivity index (χ1v) is 6.74. The summed E-state index contributed by atoms with van der Waals surface area (Å²) in [5.41, 5.74) is 6.19. The van der Waals surface area contributed by atoms with Crippen molar-refractivity contribution in [2.75, 3.05) is 0 Å². The number of rotatable bonds is 3. The maximum atomic E-state index is 12.0. The summed E-state index contributed by atoms with van der Waals surface area (Å²) in [6.45, 7) is 0.306. The molecule has 7 heteroatoms. The number of amides is 1. The molecule has 0 spiro atoms. The van der Waals surface area contributed by atoms with Crippen molar-refractivity contribution in [3.05, 3.63) is 60.8 Å². The average molecular weight is 390 g/mol. The second-order valence-electron chi connectivity index (χ2n) is 3.85. The third-order valence-electron chi connectivity index (χ3n) is 2.50. The van der Waals surface area contributed by atoms with Gasteiger partial charge in [-0.05, 0) is 40.3 Å². The SMILES string of the molecule is NC(=O)c1cccc(Cn2cnc(Cl)c(I)c2=O)c1. The zero-order valence-corrected chi connectivity index (χ0v) is 12.6. The van der Waals surface area contributed by atoms with Gasteiger partial charge in [-0.25, -0.2) is 4.98 Å². The second kappa shape index (κ2) is 5.70. The Morgan fingerprint density at radius 3 is 2.89 bits per heavy atom. The fraction of sp³-hybridized carbons (Fsp3) is 0.0833. The highest BCUT2D eigenvalue weighted by Crippen LogP contribution is 2.11. The molecule has 2 aromatic rings. The molecule has 0 aliphatic carbocycles. The van der Waals surface area contributed by atoms with Crippen LogP contribution < -0.4 is 11.3 Å². The van der Waals surface area contributed by atoms with Gasteiger partial charge in [-0.1, -0.05) is 23.7 Å². The van der Waals surface area contributed by atoms with E-state index in [0.29, 0.717) is 15.7 Å². The lowest BCUT2D eigenvalue weighted by atomic mass is 10.1. The molecule has 0 aliphatic rings. The van der Waals surface area contributed by atoms with Crippen LogP contribution in [-0.4, -0.2) is 15.5 Å². The number of nitrogens with two attached hydrogens (primary N) is 1. The maximum Gasteiger partial charge on any atom is 0.268 e. The molecule has 0 radical (unpaired) electrons. The fourth-order valence-electron chi connectivity index (χ4n) is 1.58. The summed E-state index contributed by atoms with van der Waals surface area (Å²) >= 11 is 7.62. The Labute approximate surface area is 127 Å². The first-order chi connectivity index (χ1) is 8.99. The summed E-state index contributed by atoms with van der Waals surface area (Å²) in [5, 5.41) is 0.188. The van der Waals surface area contributed by atoms with E-state index < -0.39 is 5.91 Å². The number of hydrogen-bond donors (Lipinski definition) is 1. The van der Waals surface area contributed by atoms with Crippen LogP contribution in [0, 0.1) is 3.57 Å². The van der Waals surface area contributed by atoms with Gasteiger partial charge in [0, 0.05) is 5.56 Å². The van der Waals surface area contributed by atoms with Gasteiger partial charge in [0.2, 0.25) is 5.91 Å². The number of hydrogen-bond acceptors (Lipinski definition) is 3. The molecule has 0 fully saturated rings. The first-order valence-electron chi connectivity index (χ1n) is 5.28. The van der Waals surface area contributed by atoms with Gasteiger partial charge < -0.3 is 5.73 Å². The van der Waals surface area contributed by atoms with Gasteiger partial charge in [-0.15, -0.1) is 0 Å². The molecule has 1 heterocycles. The van der Waals surface area contributed by atoms with Gasteiger partial charge in [0.25, 0.3) is 5.56 Å². The topological polar surface area (TPSA) is 78.0 Å². The first kappa shape index (κ1) is 14.0. The lowest BCUT2D eigenvalue weighted by molar-refractivity contribution is 0.1000. The molecule has 0 bridgehead atoms. The number of nitrogens with zero attached hydrogens (tertiary/aromatic N) is 2. The molecule has 19 heavy (non-hydrogen) atoms. The number of benzene rings is 1. The molecular weight excluding hydrogens is 381 g/mol. The minimum absolute atomic E-state index is 0.188. The third-order valence-corrected chi connectivity index (χ3v) is 4.08. The summed E-state index contributed by atoms with van der Waals surface area (Å²) < 4.78 is 1.79. The predicted molar refractivity (Wildman–Crippen MR) is 80.3 cm³/mol. The summed E-state index contributed by atoms with van der Waals surface area (Å²) in [6.07, 6.45) is 1.38. The van der Waals surface area contributed by atoms with Crippen LogP contribution in [0.1, 0.15) is 15.9 Å². The Morgan fingerprint density at radius 1 is 1.47 bits per heavy atom. The highest BCUT2D eigenvalue weighted by Gasteiger charge is 2.08. The Kier molecular flexibility index (Phi) is 4.20. The monoisotopic (exact) mass is 389 g/mol. The van der Waals surface area contributed by atoms with E-state index in [4.69, 9.17) is 17.3 Å². The molecule has 1 amide bonds. The van der Waals surface area contributed by atoms with E-state index in [1.165, 1.54) is 10.9 Å². The normalized spacial score (nSPS) is 10.4. The van der Waals surface area contributed by atoms with Crippen LogP contribution in [0.3, 0.4) is 0 Å². The van der Waals surface area contributed by atoms with E-state index in [1.54, 1.807) is 24.3 Å². The van der Waals surface area contributed by atoms with Crippen molar-refractivity contribution in [1.29, 1.82) is 0 Å². The van der Waals surface area contributed by atoms with Crippen LogP contribution in [0.25, 0.3) is 0 Å². The number of primary amides is 1. The van der Waals surface area contributed by atoms with Gasteiger partial charge in [-0.2, -0.15) is 0 Å². The minimum Gasteiger partial charge on any atom is -0.366 e.